The Kier molecular flexibility index (Phi) is 8.23. The summed E-state index contributed by atoms with van der Waals surface area (Å²) in [5, 5.41) is 10.6. The molecule has 1 fully saturated rings. The predicted octanol–water partition coefficient (Wildman–Crippen LogP) is 7.45. The Balaban J connectivity index is 1.22. The second-order valence-electron chi connectivity index (χ2n) is 10.6. The van der Waals surface area contributed by atoms with Crippen LogP contribution < -0.4 is 16.0 Å². The summed E-state index contributed by atoms with van der Waals surface area (Å²) in [6.45, 7) is 4.13. The number of anilines is 3. The largest absolute Gasteiger partial charge is 0.380 e. The average Bonchev–Trinajstić information content (AvgIpc) is 3.66. The number of hydrogen-bond acceptors (Lipinski definition) is 4. The van der Waals surface area contributed by atoms with Crippen LogP contribution in [0.2, 0.25) is 5.02 Å². The number of hydrogen-bond donors (Lipinski definition) is 3. The monoisotopic (exact) mass is 560 g/mol. The average molecular weight is 561 g/mol. The van der Waals surface area contributed by atoms with Gasteiger partial charge in [0.2, 0.25) is 0 Å². The van der Waals surface area contributed by atoms with E-state index in [4.69, 9.17) is 11.6 Å². The van der Waals surface area contributed by atoms with Crippen molar-refractivity contribution in [2.75, 3.05) is 35.6 Å². The van der Waals surface area contributed by atoms with Crippen molar-refractivity contribution >= 4 is 40.1 Å². The highest BCUT2D eigenvalue weighted by Gasteiger charge is 2.22. The molecule has 2 heterocycles. The van der Waals surface area contributed by atoms with E-state index in [1.165, 1.54) is 42.6 Å². The van der Waals surface area contributed by atoms with Gasteiger partial charge in [-0.1, -0.05) is 60.0 Å². The summed E-state index contributed by atoms with van der Waals surface area (Å²) in [6, 6.07) is 22.0. The van der Waals surface area contributed by atoms with Crippen LogP contribution in [0.15, 0.2) is 96.2 Å². The summed E-state index contributed by atoms with van der Waals surface area (Å²) in [4.78, 5) is 14.9. The lowest BCUT2D eigenvalue weighted by Crippen LogP contribution is -2.18. The second kappa shape index (κ2) is 12.5. The third kappa shape index (κ3) is 6.74. The van der Waals surface area contributed by atoms with Crippen molar-refractivity contribution in [3.05, 3.63) is 118 Å². The van der Waals surface area contributed by atoms with Crippen molar-refractivity contribution in [2.24, 2.45) is 0 Å². The molecule has 1 saturated heterocycles. The number of fused-ring (bicyclic) bond motifs is 1. The van der Waals surface area contributed by atoms with Crippen molar-refractivity contribution in [3.63, 3.8) is 0 Å². The molecular formula is C35H33ClN4O. The van der Waals surface area contributed by atoms with Gasteiger partial charge < -0.3 is 16.0 Å². The van der Waals surface area contributed by atoms with Crippen LogP contribution >= 0.6 is 11.6 Å². The molecular weight excluding hydrogens is 528 g/mol. The third-order valence-corrected chi connectivity index (χ3v) is 7.85. The maximum atomic E-state index is 12.4. The SMILES string of the molecule is O=C(C#Cc1ccc2c(c1)NC/C2=C(\Nc1ccc(CN2CCCC2)cc1)C1=CCCC=C1)Nc1cccc(Cl)c1. The normalized spacial score (nSPS) is 17.1. The molecule has 3 N–H and O–H groups in total. The summed E-state index contributed by atoms with van der Waals surface area (Å²) >= 11 is 6.01. The van der Waals surface area contributed by atoms with Crippen LogP contribution in [0, 0.1) is 11.8 Å². The molecule has 3 aromatic carbocycles. The number of amides is 1. The minimum atomic E-state index is -0.379. The standard InChI is InChI=1S/C35H33ClN4O/c36-28-9-6-10-30(22-28)38-34(41)18-14-25-13-17-31-32(23-37-33(31)21-25)35(27-7-2-1-3-8-27)39-29-15-11-26(12-16-29)24-40-19-4-5-20-40/h2,6-13,15-17,21-22,37,39H,1,3-5,19-20,23-24H2,(H,38,41)/b35-32+. The van der Waals surface area contributed by atoms with E-state index in [1.807, 2.05) is 12.1 Å². The fourth-order valence-electron chi connectivity index (χ4n) is 5.55. The zero-order valence-electron chi connectivity index (χ0n) is 23.0. The van der Waals surface area contributed by atoms with E-state index in [0.29, 0.717) is 17.3 Å². The third-order valence-electron chi connectivity index (χ3n) is 7.62. The first-order valence-corrected chi connectivity index (χ1v) is 14.6. The summed E-state index contributed by atoms with van der Waals surface area (Å²) in [7, 11) is 0. The summed E-state index contributed by atoms with van der Waals surface area (Å²) < 4.78 is 0. The van der Waals surface area contributed by atoms with Crippen LogP contribution in [0.4, 0.5) is 17.1 Å². The van der Waals surface area contributed by atoms with E-state index < -0.39 is 0 Å². The van der Waals surface area contributed by atoms with Crippen LogP contribution in [0.25, 0.3) is 5.57 Å². The molecule has 5 nitrogen and oxygen atoms in total. The summed E-state index contributed by atoms with van der Waals surface area (Å²) in [6.07, 6.45) is 11.5. The van der Waals surface area contributed by atoms with Crippen molar-refractivity contribution in [3.8, 4) is 11.8 Å². The van der Waals surface area contributed by atoms with E-state index >= 15 is 0 Å². The Morgan fingerprint density at radius 3 is 2.59 bits per heavy atom. The van der Waals surface area contributed by atoms with Gasteiger partial charge in [0.25, 0.3) is 0 Å². The maximum Gasteiger partial charge on any atom is 0.300 e. The second-order valence-corrected chi connectivity index (χ2v) is 11.1. The Labute approximate surface area is 247 Å². The number of carbonyl (C=O) groups is 1. The van der Waals surface area contributed by atoms with Gasteiger partial charge >= 0.3 is 5.91 Å². The molecule has 0 radical (unpaired) electrons. The Morgan fingerprint density at radius 1 is 0.951 bits per heavy atom. The summed E-state index contributed by atoms with van der Waals surface area (Å²) in [5.41, 5.74) is 9.55. The smallest absolute Gasteiger partial charge is 0.300 e. The molecule has 1 aliphatic carbocycles. The number of halogens is 1. The molecule has 3 aromatic rings. The first-order chi connectivity index (χ1) is 20.1. The van der Waals surface area contributed by atoms with Crippen LogP contribution in [-0.4, -0.2) is 30.4 Å². The van der Waals surface area contributed by atoms with E-state index in [-0.39, 0.29) is 5.91 Å². The molecule has 1 amide bonds. The highest BCUT2D eigenvalue weighted by atomic mass is 35.5. The Bertz CT molecular complexity index is 1600. The lowest BCUT2D eigenvalue weighted by molar-refractivity contribution is -0.111. The summed E-state index contributed by atoms with van der Waals surface area (Å²) in [5.74, 6) is 5.30. The number of rotatable bonds is 6. The highest BCUT2D eigenvalue weighted by molar-refractivity contribution is 6.31. The Hall–Kier alpha value is -4.24. The van der Waals surface area contributed by atoms with E-state index in [9.17, 15) is 4.79 Å². The van der Waals surface area contributed by atoms with Gasteiger partial charge in [0.15, 0.2) is 0 Å². The van der Waals surface area contributed by atoms with Crippen molar-refractivity contribution in [1.29, 1.82) is 0 Å². The zero-order valence-corrected chi connectivity index (χ0v) is 23.7. The van der Waals surface area contributed by atoms with Gasteiger partial charge in [-0.25, -0.2) is 0 Å². The van der Waals surface area contributed by atoms with Gasteiger partial charge in [-0.05, 0) is 92.4 Å². The highest BCUT2D eigenvalue weighted by Crippen LogP contribution is 2.37. The van der Waals surface area contributed by atoms with E-state index in [1.54, 1.807) is 24.3 Å². The quantitative estimate of drug-likeness (QED) is 0.274. The number of nitrogens with zero attached hydrogens (tertiary/aromatic N) is 1. The van der Waals surface area contributed by atoms with Crippen LogP contribution in [0.3, 0.4) is 0 Å². The van der Waals surface area contributed by atoms with Gasteiger partial charge in [-0.3, -0.25) is 9.69 Å². The van der Waals surface area contributed by atoms with Gasteiger partial charge in [-0.15, -0.1) is 0 Å². The zero-order chi connectivity index (χ0) is 28.0. The molecule has 0 aromatic heterocycles. The molecule has 0 saturated carbocycles. The van der Waals surface area contributed by atoms with Crippen molar-refractivity contribution in [2.45, 2.75) is 32.2 Å². The number of benzene rings is 3. The predicted molar refractivity (Wildman–Crippen MR) is 170 cm³/mol. The van der Waals surface area contributed by atoms with Gasteiger partial charge in [-0.2, -0.15) is 0 Å². The number of allylic oxidation sites excluding steroid dienone is 3. The van der Waals surface area contributed by atoms with E-state index in [2.05, 4.69) is 81.3 Å². The van der Waals surface area contributed by atoms with Gasteiger partial charge in [0.1, 0.15) is 0 Å². The molecule has 6 rings (SSSR count). The van der Waals surface area contributed by atoms with Crippen LogP contribution in [0.1, 0.15) is 42.4 Å². The molecule has 3 aliphatic rings. The fourth-order valence-corrected chi connectivity index (χ4v) is 5.74. The van der Waals surface area contributed by atoms with Crippen LogP contribution in [-0.2, 0) is 11.3 Å². The Morgan fingerprint density at radius 2 is 1.80 bits per heavy atom. The lowest BCUT2D eigenvalue weighted by atomic mass is 9.96. The molecule has 2 aliphatic heterocycles. The van der Waals surface area contributed by atoms with Gasteiger partial charge in [0, 0.05) is 57.8 Å². The molecule has 0 unspecified atom stereocenters. The van der Waals surface area contributed by atoms with Crippen molar-refractivity contribution in [1.82, 2.24) is 4.90 Å². The van der Waals surface area contributed by atoms with E-state index in [0.717, 1.165) is 47.6 Å². The van der Waals surface area contributed by atoms with Crippen molar-refractivity contribution < 1.29 is 4.79 Å². The molecule has 41 heavy (non-hydrogen) atoms. The minimum Gasteiger partial charge on any atom is -0.380 e. The first kappa shape index (κ1) is 27.0. The number of nitrogens with one attached hydrogen (secondary N) is 3. The molecule has 0 atom stereocenters. The number of likely N-dealkylation sites (tertiary alicyclic amines) is 1. The molecule has 206 valence electrons. The molecule has 6 heteroatoms. The van der Waals surface area contributed by atoms with Gasteiger partial charge in [0.05, 0.1) is 5.70 Å². The molecule has 0 bridgehead atoms. The molecule has 0 spiro atoms. The topological polar surface area (TPSA) is 56.4 Å². The first-order valence-electron chi connectivity index (χ1n) is 14.3. The minimum absolute atomic E-state index is 0.379. The maximum absolute atomic E-state index is 12.4. The lowest BCUT2D eigenvalue weighted by Gasteiger charge is -2.19. The fraction of sp³-hybridized carbons (Fsp3) is 0.229. The number of carbonyl (C=O) groups excluding carboxylic acids is 1. The van der Waals surface area contributed by atoms with Crippen LogP contribution in [0.5, 0.6) is 0 Å².